The summed E-state index contributed by atoms with van der Waals surface area (Å²) < 4.78 is 36.4. The quantitative estimate of drug-likeness (QED) is 0.639. The molecule has 1 atom stereocenters. The lowest BCUT2D eigenvalue weighted by Crippen LogP contribution is -2.46. The van der Waals surface area contributed by atoms with Gasteiger partial charge in [0.2, 0.25) is 0 Å². The minimum atomic E-state index is -1.05. The summed E-state index contributed by atoms with van der Waals surface area (Å²) in [6.45, 7) is 2.67. The SMILES string of the molecule is CC(C)[C@H](NC(=O)OCc1ccccc1)C(=O)OCC(=O)Nc1ccc(F)cc1F. The van der Waals surface area contributed by atoms with Crippen molar-refractivity contribution in [2.75, 3.05) is 11.9 Å². The third-order valence-electron chi connectivity index (χ3n) is 3.96. The Bertz CT molecular complexity index is 890. The molecule has 2 N–H and O–H groups in total. The summed E-state index contributed by atoms with van der Waals surface area (Å²) in [6, 6.07) is 10.6. The van der Waals surface area contributed by atoms with E-state index in [9.17, 15) is 23.2 Å². The summed E-state index contributed by atoms with van der Waals surface area (Å²) in [5.41, 5.74) is 0.529. The Kier molecular flexibility index (Phi) is 8.28. The number of anilines is 1. The van der Waals surface area contributed by atoms with E-state index in [1.54, 1.807) is 38.1 Å². The van der Waals surface area contributed by atoms with Crippen molar-refractivity contribution in [1.82, 2.24) is 5.32 Å². The molecule has 0 spiro atoms. The molecule has 30 heavy (non-hydrogen) atoms. The summed E-state index contributed by atoms with van der Waals surface area (Å²) in [5.74, 6) is -3.77. The van der Waals surface area contributed by atoms with Crippen molar-refractivity contribution < 1.29 is 32.6 Å². The molecule has 2 aromatic rings. The molecule has 0 heterocycles. The van der Waals surface area contributed by atoms with E-state index in [2.05, 4.69) is 10.6 Å². The molecule has 0 radical (unpaired) electrons. The average molecular weight is 420 g/mol. The first-order chi connectivity index (χ1) is 14.3. The van der Waals surface area contributed by atoms with Crippen molar-refractivity contribution in [2.24, 2.45) is 5.92 Å². The fourth-order valence-electron chi connectivity index (χ4n) is 2.39. The van der Waals surface area contributed by atoms with Crippen molar-refractivity contribution in [3.05, 3.63) is 65.7 Å². The smallest absolute Gasteiger partial charge is 0.408 e. The number of esters is 1. The number of amides is 2. The molecular formula is C21H22F2N2O5. The summed E-state index contributed by atoms with van der Waals surface area (Å²) in [6.07, 6.45) is -0.813. The lowest BCUT2D eigenvalue weighted by Gasteiger charge is -2.20. The molecule has 7 nitrogen and oxygen atoms in total. The van der Waals surface area contributed by atoms with Gasteiger partial charge in [0, 0.05) is 6.07 Å². The van der Waals surface area contributed by atoms with Crippen molar-refractivity contribution in [2.45, 2.75) is 26.5 Å². The van der Waals surface area contributed by atoms with Crippen LogP contribution in [0, 0.1) is 17.6 Å². The highest BCUT2D eigenvalue weighted by atomic mass is 19.1. The van der Waals surface area contributed by atoms with Crippen LogP contribution in [0.4, 0.5) is 19.3 Å². The number of carbonyl (C=O) groups is 3. The highest BCUT2D eigenvalue weighted by Gasteiger charge is 2.27. The number of benzene rings is 2. The molecule has 0 unspecified atom stereocenters. The summed E-state index contributed by atoms with van der Waals surface area (Å²) in [7, 11) is 0. The normalized spacial score (nSPS) is 11.5. The largest absolute Gasteiger partial charge is 0.454 e. The number of nitrogens with one attached hydrogen (secondary N) is 2. The molecular weight excluding hydrogens is 398 g/mol. The average Bonchev–Trinajstić information content (AvgIpc) is 2.71. The van der Waals surface area contributed by atoms with Crippen LogP contribution >= 0.6 is 0 Å². The van der Waals surface area contributed by atoms with Gasteiger partial charge in [-0.05, 0) is 23.6 Å². The molecule has 2 amide bonds. The van der Waals surface area contributed by atoms with Crippen LogP contribution in [0.25, 0.3) is 0 Å². The second-order valence-electron chi connectivity index (χ2n) is 6.71. The number of ether oxygens (including phenoxy) is 2. The van der Waals surface area contributed by atoms with Crippen molar-refractivity contribution in [3.63, 3.8) is 0 Å². The van der Waals surface area contributed by atoms with Gasteiger partial charge in [-0.15, -0.1) is 0 Å². The molecule has 0 aliphatic carbocycles. The number of hydrogen-bond acceptors (Lipinski definition) is 5. The molecule has 160 valence electrons. The first-order valence-corrected chi connectivity index (χ1v) is 9.15. The first-order valence-electron chi connectivity index (χ1n) is 9.15. The van der Waals surface area contributed by atoms with Gasteiger partial charge in [0.25, 0.3) is 5.91 Å². The van der Waals surface area contributed by atoms with Crippen LogP contribution in [0.3, 0.4) is 0 Å². The zero-order chi connectivity index (χ0) is 22.1. The number of rotatable bonds is 8. The van der Waals surface area contributed by atoms with Crippen LogP contribution in [0.1, 0.15) is 19.4 Å². The van der Waals surface area contributed by atoms with E-state index < -0.39 is 42.3 Å². The third kappa shape index (κ3) is 7.16. The first kappa shape index (κ1) is 22.8. The summed E-state index contributed by atoms with van der Waals surface area (Å²) in [4.78, 5) is 36.1. The molecule has 0 saturated heterocycles. The van der Waals surface area contributed by atoms with Gasteiger partial charge in [-0.1, -0.05) is 44.2 Å². The van der Waals surface area contributed by atoms with Crippen LogP contribution in [0.5, 0.6) is 0 Å². The Morgan fingerprint density at radius 2 is 1.70 bits per heavy atom. The molecule has 0 bridgehead atoms. The van der Waals surface area contributed by atoms with E-state index in [-0.39, 0.29) is 18.2 Å². The van der Waals surface area contributed by atoms with Crippen LogP contribution < -0.4 is 10.6 Å². The predicted molar refractivity (Wildman–Crippen MR) is 104 cm³/mol. The summed E-state index contributed by atoms with van der Waals surface area (Å²) in [5, 5.41) is 4.58. The molecule has 0 aromatic heterocycles. The van der Waals surface area contributed by atoms with E-state index in [1.165, 1.54) is 0 Å². The predicted octanol–water partition coefficient (Wildman–Crippen LogP) is 3.40. The maximum atomic E-state index is 13.6. The van der Waals surface area contributed by atoms with Gasteiger partial charge in [0.1, 0.15) is 24.3 Å². The van der Waals surface area contributed by atoms with Gasteiger partial charge in [0.15, 0.2) is 6.61 Å². The summed E-state index contributed by atoms with van der Waals surface area (Å²) >= 11 is 0. The van der Waals surface area contributed by atoms with Gasteiger partial charge in [-0.3, -0.25) is 4.79 Å². The van der Waals surface area contributed by atoms with Crippen LogP contribution in [-0.2, 0) is 25.7 Å². The maximum Gasteiger partial charge on any atom is 0.408 e. The molecule has 0 fully saturated rings. The van der Waals surface area contributed by atoms with Gasteiger partial charge in [0.05, 0.1) is 5.69 Å². The Balaban J connectivity index is 1.83. The van der Waals surface area contributed by atoms with E-state index in [0.717, 1.165) is 17.7 Å². The van der Waals surface area contributed by atoms with Gasteiger partial charge in [-0.25, -0.2) is 18.4 Å². The third-order valence-corrected chi connectivity index (χ3v) is 3.96. The van der Waals surface area contributed by atoms with Crippen LogP contribution in [0.2, 0.25) is 0 Å². The fraction of sp³-hybridized carbons (Fsp3) is 0.286. The Labute approximate surface area is 172 Å². The van der Waals surface area contributed by atoms with Gasteiger partial charge >= 0.3 is 12.1 Å². The van der Waals surface area contributed by atoms with Crippen molar-refractivity contribution in [3.8, 4) is 0 Å². The van der Waals surface area contributed by atoms with E-state index in [0.29, 0.717) is 6.07 Å². The lowest BCUT2D eigenvalue weighted by molar-refractivity contribution is -0.150. The van der Waals surface area contributed by atoms with E-state index >= 15 is 0 Å². The highest BCUT2D eigenvalue weighted by molar-refractivity contribution is 5.93. The number of halogens is 2. The number of carbonyl (C=O) groups excluding carboxylic acids is 3. The van der Waals surface area contributed by atoms with Crippen LogP contribution in [-0.4, -0.2) is 30.6 Å². The Morgan fingerprint density at radius 3 is 2.33 bits per heavy atom. The zero-order valence-electron chi connectivity index (χ0n) is 16.5. The van der Waals surface area contributed by atoms with Crippen molar-refractivity contribution >= 4 is 23.7 Å². The topological polar surface area (TPSA) is 93.7 Å². The standard InChI is InChI=1S/C21H22F2N2O5/c1-13(2)19(25-21(28)30-11-14-6-4-3-5-7-14)20(27)29-12-18(26)24-17-9-8-15(22)10-16(17)23/h3-10,13,19H,11-12H2,1-2H3,(H,24,26)(H,25,28)/t19-/m0/s1. The van der Waals surface area contributed by atoms with E-state index in [4.69, 9.17) is 9.47 Å². The van der Waals surface area contributed by atoms with E-state index in [1.807, 2.05) is 6.07 Å². The molecule has 0 saturated carbocycles. The molecule has 2 aromatic carbocycles. The van der Waals surface area contributed by atoms with Crippen LogP contribution in [0.15, 0.2) is 48.5 Å². The Hall–Kier alpha value is -3.49. The fourth-order valence-corrected chi connectivity index (χ4v) is 2.39. The molecule has 9 heteroatoms. The second-order valence-corrected chi connectivity index (χ2v) is 6.71. The minimum absolute atomic E-state index is 0.0260. The number of hydrogen-bond donors (Lipinski definition) is 2. The number of alkyl carbamates (subject to hydrolysis) is 1. The molecule has 0 aliphatic heterocycles. The zero-order valence-corrected chi connectivity index (χ0v) is 16.5. The molecule has 2 rings (SSSR count). The van der Waals surface area contributed by atoms with Gasteiger partial charge < -0.3 is 20.1 Å². The monoisotopic (exact) mass is 420 g/mol. The lowest BCUT2D eigenvalue weighted by atomic mass is 10.1. The van der Waals surface area contributed by atoms with Crippen molar-refractivity contribution in [1.29, 1.82) is 0 Å². The second kappa shape index (κ2) is 10.9. The minimum Gasteiger partial charge on any atom is -0.454 e. The molecule has 0 aliphatic rings. The van der Waals surface area contributed by atoms with Gasteiger partial charge in [-0.2, -0.15) is 0 Å². The Morgan fingerprint density at radius 1 is 1.00 bits per heavy atom. The highest BCUT2D eigenvalue weighted by Crippen LogP contribution is 2.15. The maximum absolute atomic E-state index is 13.6.